The van der Waals surface area contributed by atoms with E-state index in [2.05, 4.69) is 27.9 Å². The first-order chi connectivity index (χ1) is 6.33. The van der Waals surface area contributed by atoms with Gasteiger partial charge in [0.1, 0.15) is 5.82 Å². The summed E-state index contributed by atoms with van der Waals surface area (Å²) in [5, 5.41) is 3.29. The van der Waals surface area contributed by atoms with Gasteiger partial charge in [-0.05, 0) is 30.7 Å². The van der Waals surface area contributed by atoms with E-state index in [9.17, 15) is 4.39 Å². The standard InChI is InChI=1S/C10H13FIN/c11-10-4-2-9(3-5-10)8-13-7-1-6-12/h2-5,13H,1,6-8H2. The number of benzene rings is 1. The van der Waals surface area contributed by atoms with Crippen LogP contribution >= 0.6 is 22.6 Å². The first kappa shape index (κ1) is 10.9. The lowest BCUT2D eigenvalue weighted by atomic mass is 10.2. The van der Waals surface area contributed by atoms with E-state index in [0.717, 1.165) is 18.7 Å². The predicted molar refractivity (Wildman–Crippen MR) is 61.6 cm³/mol. The Balaban J connectivity index is 2.25. The van der Waals surface area contributed by atoms with Crippen LogP contribution in [0.1, 0.15) is 12.0 Å². The Labute approximate surface area is 91.9 Å². The van der Waals surface area contributed by atoms with E-state index in [1.165, 1.54) is 23.0 Å². The molecule has 0 radical (unpaired) electrons. The van der Waals surface area contributed by atoms with Crippen LogP contribution in [0.3, 0.4) is 0 Å². The zero-order valence-corrected chi connectivity index (χ0v) is 9.55. The summed E-state index contributed by atoms with van der Waals surface area (Å²) in [5.41, 5.74) is 1.13. The fourth-order valence-corrected chi connectivity index (χ4v) is 1.41. The largest absolute Gasteiger partial charge is 0.313 e. The summed E-state index contributed by atoms with van der Waals surface area (Å²) in [4.78, 5) is 0. The third-order valence-electron chi connectivity index (χ3n) is 1.73. The third kappa shape index (κ3) is 4.57. The van der Waals surface area contributed by atoms with E-state index in [0.29, 0.717) is 0 Å². The Kier molecular flexibility index (Phi) is 5.31. The molecule has 0 unspecified atom stereocenters. The van der Waals surface area contributed by atoms with Crippen molar-refractivity contribution in [2.75, 3.05) is 11.0 Å². The van der Waals surface area contributed by atoms with Crippen LogP contribution in [0.15, 0.2) is 24.3 Å². The van der Waals surface area contributed by atoms with Crippen molar-refractivity contribution in [1.29, 1.82) is 0 Å². The SMILES string of the molecule is Fc1ccc(CNCCCI)cc1. The molecule has 0 fully saturated rings. The second-order valence-corrected chi connectivity index (χ2v) is 3.92. The lowest BCUT2D eigenvalue weighted by Crippen LogP contribution is -2.14. The highest BCUT2D eigenvalue weighted by atomic mass is 127. The molecule has 0 saturated heterocycles. The monoisotopic (exact) mass is 293 g/mol. The zero-order valence-electron chi connectivity index (χ0n) is 7.39. The van der Waals surface area contributed by atoms with Gasteiger partial charge >= 0.3 is 0 Å². The number of nitrogens with one attached hydrogen (secondary N) is 1. The minimum absolute atomic E-state index is 0.170. The van der Waals surface area contributed by atoms with Crippen molar-refractivity contribution in [3.8, 4) is 0 Å². The molecule has 72 valence electrons. The van der Waals surface area contributed by atoms with Crippen molar-refractivity contribution in [3.63, 3.8) is 0 Å². The summed E-state index contributed by atoms with van der Waals surface area (Å²) in [6, 6.07) is 6.61. The highest BCUT2D eigenvalue weighted by Crippen LogP contribution is 2.01. The summed E-state index contributed by atoms with van der Waals surface area (Å²) in [6.07, 6.45) is 1.18. The molecule has 0 aliphatic carbocycles. The first-order valence-electron chi connectivity index (χ1n) is 4.34. The fourth-order valence-electron chi connectivity index (χ4n) is 1.03. The minimum atomic E-state index is -0.170. The van der Waals surface area contributed by atoms with Crippen molar-refractivity contribution in [3.05, 3.63) is 35.6 Å². The molecule has 0 aliphatic heterocycles. The molecule has 3 heteroatoms. The molecule has 0 heterocycles. The number of alkyl halides is 1. The average molecular weight is 293 g/mol. The average Bonchev–Trinajstić information content (AvgIpc) is 2.15. The summed E-state index contributed by atoms with van der Waals surface area (Å²) in [5.74, 6) is -0.170. The maximum absolute atomic E-state index is 12.5. The van der Waals surface area contributed by atoms with Crippen LogP contribution in [-0.4, -0.2) is 11.0 Å². The van der Waals surface area contributed by atoms with Crippen molar-refractivity contribution < 1.29 is 4.39 Å². The molecule has 13 heavy (non-hydrogen) atoms. The molecule has 1 aromatic rings. The van der Waals surface area contributed by atoms with Crippen LogP contribution in [-0.2, 0) is 6.54 Å². The van der Waals surface area contributed by atoms with Crippen LogP contribution < -0.4 is 5.32 Å². The highest BCUT2D eigenvalue weighted by Gasteiger charge is 1.92. The van der Waals surface area contributed by atoms with E-state index in [-0.39, 0.29) is 5.82 Å². The van der Waals surface area contributed by atoms with Crippen molar-refractivity contribution in [2.24, 2.45) is 0 Å². The molecule has 1 aromatic carbocycles. The van der Waals surface area contributed by atoms with Gasteiger partial charge in [0.25, 0.3) is 0 Å². The molecule has 0 atom stereocenters. The lowest BCUT2D eigenvalue weighted by Gasteiger charge is -2.02. The van der Waals surface area contributed by atoms with Gasteiger partial charge in [-0.2, -0.15) is 0 Å². The summed E-state index contributed by atoms with van der Waals surface area (Å²) in [7, 11) is 0. The van der Waals surface area contributed by atoms with Gasteiger partial charge in [-0.3, -0.25) is 0 Å². The lowest BCUT2D eigenvalue weighted by molar-refractivity contribution is 0.624. The van der Waals surface area contributed by atoms with Crippen molar-refractivity contribution >= 4 is 22.6 Å². The van der Waals surface area contributed by atoms with Crippen LogP contribution in [0.5, 0.6) is 0 Å². The third-order valence-corrected chi connectivity index (χ3v) is 2.49. The zero-order chi connectivity index (χ0) is 9.52. The van der Waals surface area contributed by atoms with Gasteiger partial charge in [-0.1, -0.05) is 34.7 Å². The normalized spacial score (nSPS) is 10.3. The number of hydrogen-bond acceptors (Lipinski definition) is 1. The van der Waals surface area contributed by atoms with E-state index in [4.69, 9.17) is 0 Å². The molecule has 0 aromatic heterocycles. The first-order valence-corrected chi connectivity index (χ1v) is 5.86. The van der Waals surface area contributed by atoms with Crippen LogP contribution in [0.2, 0.25) is 0 Å². The molecule has 1 rings (SSSR count). The van der Waals surface area contributed by atoms with Gasteiger partial charge in [0.15, 0.2) is 0 Å². The Morgan fingerprint density at radius 2 is 1.92 bits per heavy atom. The Morgan fingerprint density at radius 1 is 1.23 bits per heavy atom. The van der Waals surface area contributed by atoms with E-state index >= 15 is 0 Å². The van der Waals surface area contributed by atoms with Gasteiger partial charge < -0.3 is 5.32 Å². The molecule has 0 saturated carbocycles. The van der Waals surface area contributed by atoms with Crippen LogP contribution in [0, 0.1) is 5.82 Å². The van der Waals surface area contributed by atoms with Crippen LogP contribution in [0.4, 0.5) is 4.39 Å². The van der Waals surface area contributed by atoms with Gasteiger partial charge in [-0.25, -0.2) is 4.39 Å². The highest BCUT2D eigenvalue weighted by molar-refractivity contribution is 14.1. The van der Waals surface area contributed by atoms with Gasteiger partial charge in [-0.15, -0.1) is 0 Å². The molecule has 0 amide bonds. The molecular formula is C10H13FIN. The van der Waals surface area contributed by atoms with Crippen LogP contribution in [0.25, 0.3) is 0 Å². The van der Waals surface area contributed by atoms with E-state index < -0.39 is 0 Å². The topological polar surface area (TPSA) is 12.0 Å². The van der Waals surface area contributed by atoms with E-state index in [1.807, 2.05) is 12.1 Å². The second-order valence-electron chi connectivity index (χ2n) is 2.85. The maximum atomic E-state index is 12.5. The molecule has 1 nitrogen and oxygen atoms in total. The Bertz CT molecular complexity index is 235. The summed E-state index contributed by atoms with van der Waals surface area (Å²) >= 11 is 2.36. The van der Waals surface area contributed by atoms with E-state index in [1.54, 1.807) is 0 Å². The smallest absolute Gasteiger partial charge is 0.123 e. The maximum Gasteiger partial charge on any atom is 0.123 e. The molecule has 0 spiro atoms. The number of halogens is 2. The number of rotatable bonds is 5. The van der Waals surface area contributed by atoms with Gasteiger partial charge in [0.05, 0.1) is 0 Å². The fraction of sp³-hybridized carbons (Fsp3) is 0.400. The van der Waals surface area contributed by atoms with Crippen molar-refractivity contribution in [1.82, 2.24) is 5.32 Å². The minimum Gasteiger partial charge on any atom is -0.313 e. The quantitative estimate of drug-likeness (QED) is 0.500. The van der Waals surface area contributed by atoms with Crippen molar-refractivity contribution in [2.45, 2.75) is 13.0 Å². The number of hydrogen-bond donors (Lipinski definition) is 1. The molecule has 1 N–H and O–H groups in total. The summed E-state index contributed by atoms with van der Waals surface area (Å²) < 4.78 is 13.7. The molecule has 0 bridgehead atoms. The Morgan fingerprint density at radius 3 is 2.54 bits per heavy atom. The predicted octanol–water partition coefficient (Wildman–Crippen LogP) is 2.74. The van der Waals surface area contributed by atoms with Gasteiger partial charge in [0, 0.05) is 11.0 Å². The second kappa shape index (κ2) is 6.32. The molecular weight excluding hydrogens is 280 g/mol. The van der Waals surface area contributed by atoms with Gasteiger partial charge in [0.2, 0.25) is 0 Å². The summed E-state index contributed by atoms with van der Waals surface area (Å²) in [6.45, 7) is 1.86. The molecule has 0 aliphatic rings. The Hall–Kier alpha value is -0.160.